The molecule has 2 unspecified atom stereocenters. The second kappa shape index (κ2) is 12.2. The first-order valence-corrected chi connectivity index (χ1v) is 13.6. The zero-order valence-electron chi connectivity index (χ0n) is 20.4. The smallest absolute Gasteiger partial charge is 0.244 e. The van der Waals surface area contributed by atoms with Crippen LogP contribution < -0.4 is 9.62 Å². The van der Waals surface area contributed by atoms with E-state index in [2.05, 4.69) is 5.32 Å². The summed E-state index contributed by atoms with van der Waals surface area (Å²) in [5.41, 5.74) is 2.06. The van der Waals surface area contributed by atoms with Crippen LogP contribution in [0.5, 0.6) is 0 Å². The highest BCUT2D eigenvalue weighted by atomic mass is 35.5. The Morgan fingerprint density at radius 3 is 2.24 bits per heavy atom. The van der Waals surface area contributed by atoms with E-state index in [0.717, 1.165) is 28.1 Å². The number of halogens is 1. The Morgan fingerprint density at radius 1 is 1.06 bits per heavy atom. The number of amides is 2. The summed E-state index contributed by atoms with van der Waals surface area (Å²) in [6.07, 6.45) is 2.20. The molecule has 2 aromatic rings. The number of carbonyl (C=O) groups excluding carboxylic acids is 2. The van der Waals surface area contributed by atoms with Crippen LogP contribution in [0.3, 0.4) is 0 Å². The molecule has 1 N–H and O–H groups in total. The van der Waals surface area contributed by atoms with Crippen molar-refractivity contribution in [2.24, 2.45) is 0 Å². The zero-order chi connectivity index (χ0) is 25.5. The lowest BCUT2D eigenvalue weighted by Gasteiger charge is -2.33. The van der Waals surface area contributed by atoms with Crippen molar-refractivity contribution in [2.75, 3.05) is 17.1 Å². The number of nitrogens with one attached hydrogen (secondary N) is 1. The molecule has 0 saturated carbocycles. The summed E-state index contributed by atoms with van der Waals surface area (Å²) in [6, 6.07) is 13.2. The molecule has 0 aliphatic carbocycles. The maximum absolute atomic E-state index is 13.6. The molecule has 0 saturated heterocycles. The van der Waals surface area contributed by atoms with Gasteiger partial charge in [-0.25, -0.2) is 8.42 Å². The van der Waals surface area contributed by atoms with E-state index in [1.165, 1.54) is 4.90 Å². The van der Waals surface area contributed by atoms with Crippen molar-refractivity contribution in [1.82, 2.24) is 10.2 Å². The molecule has 7 nitrogen and oxygen atoms in total. The predicted octanol–water partition coefficient (Wildman–Crippen LogP) is 4.14. The van der Waals surface area contributed by atoms with Crippen molar-refractivity contribution in [2.45, 2.75) is 59.2 Å². The van der Waals surface area contributed by atoms with Crippen LogP contribution in [0.15, 0.2) is 48.5 Å². The molecule has 0 aliphatic rings. The van der Waals surface area contributed by atoms with Crippen molar-refractivity contribution in [3.05, 3.63) is 64.7 Å². The van der Waals surface area contributed by atoms with Crippen LogP contribution in [0.1, 0.15) is 44.7 Å². The number of anilines is 1. The standard InChI is InChI=1S/C25H34ClN3O4S/c1-6-19(4)27-25(31)23(7-2)28(16-20-11-13-21(26)14-12-20)24(30)17-29(34(5,32)33)22-10-8-9-18(3)15-22/h8-15,19,23H,6-7,16-17H2,1-5H3,(H,27,31). The summed E-state index contributed by atoms with van der Waals surface area (Å²) in [5.74, 6) is -0.728. The molecule has 2 aromatic carbocycles. The topological polar surface area (TPSA) is 86.8 Å². The monoisotopic (exact) mass is 507 g/mol. The highest BCUT2D eigenvalue weighted by molar-refractivity contribution is 7.92. The van der Waals surface area contributed by atoms with Gasteiger partial charge in [0.15, 0.2) is 0 Å². The lowest BCUT2D eigenvalue weighted by atomic mass is 10.1. The lowest BCUT2D eigenvalue weighted by molar-refractivity contribution is -0.140. The maximum atomic E-state index is 13.6. The van der Waals surface area contributed by atoms with Gasteiger partial charge >= 0.3 is 0 Å². The molecule has 0 aromatic heterocycles. The summed E-state index contributed by atoms with van der Waals surface area (Å²) in [5, 5.41) is 3.51. The minimum atomic E-state index is -3.75. The van der Waals surface area contributed by atoms with Crippen molar-refractivity contribution in [1.29, 1.82) is 0 Å². The first kappa shape index (κ1) is 27.7. The van der Waals surface area contributed by atoms with Gasteiger partial charge in [-0.2, -0.15) is 0 Å². The largest absolute Gasteiger partial charge is 0.352 e. The first-order valence-electron chi connectivity index (χ1n) is 11.3. The van der Waals surface area contributed by atoms with Crippen LogP contribution in [0.2, 0.25) is 5.02 Å². The van der Waals surface area contributed by atoms with E-state index >= 15 is 0 Å². The lowest BCUT2D eigenvalue weighted by Crippen LogP contribution is -2.53. The number of rotatable bonds is 11. The molecular formula is C25H34ClN3O4S. The van der Waals surface area contributed by atoms with Crippen LogP contribution in [0.25, 0.3) is 0 Å². The average molecular weight is 508 g/mol. The highest BCUT2D eigenvalue weighted by Gasteiger charge is 2.32. The summed E-state index contributed by atoms with van der Waals surface area (Å²) in [4.78, 5) is 28.1. The van der Waals surface area contributed by atoms with E-state index in [0.29, 0.717) is 17.1 Å². The van der Waals surface area contributed by atoms with Gasteiger partial charge in [0.2, 0.25) is 21.8 Å². The molecule has 2 amide bonds. The third-order valence-corrected chi connectivity index (χ3v) is 7.01. The maximum Gasteiger partial charge on any atom is 0.244 e. The van der Waals surface area contributed by atoms with Gasteiger partial charge in [-0.1, -0.05) is 49.7 Å². The number of nitrogens with zero attached hydrogens (tertiary/aromatic N) is 2. The van der Waals surface area contributed by atoms with Gasteiger partial charge in [-0.15, -0.1) is 0 Å². The molecule has 0 bridgehead atoms. The third kappa shape index (κ3) is 7.74. The summed E-state index contributed by atoms with van der Waals surface area (Å²) in [6.45, 7) is 7.28. The first-order chi connectivity index (χ1) is 16.0. The van der Waals surface area contributed by atoms with Gasteiger partial charge in [0.05, 0.1) is 11.9 Å². The fourth-order valence-corrected chi connectivity index (χ4v) is 4.51. The van der Waals surface area contributed by atoms with E-state index in [1.54, 1.807) is 42.5 Å². The van der Waals surface area contributed by atoms with Crippen molar-refractivity contribution in [3.8, 4) is 0 Å². The molecule has 2 atom stereocenters. The number of aryl methyl sites for hydroxylation is 1. The Hall–Kier alpha value is -2.58. The van der Waals surface area contributed by atoms with Crippen LogP contribution in [0.4, 0.5) is 5.69 Å². The second-order valence-corrected chi connectivity index (χ2v) is 10.8. The van der Waals surface area contributed by atoms with Gasteiger partial charge in [0, 0.05) is 17.6 Å². The van der Waals surface area contributed by atoms with Gasteiger partial charge in [0.25, 0.3) is 0 Å². The minimum absolute atomic E-state index is 0.0474. The van der Waals surface area contributed by atoms with Crippen LogP contribution in [-0.2, 0) is 26.2 Å². The quantitative estimate of drug-likeness (QED) is 0.495. The minimum Gasteiger partial charge on any atom is -0.352 e. The molecule has 0 fully saturated rings. The van der Waals surface area contributed by atoms with Crippen molar-refractivity contribution in [3.63, 3.8) is 0 Å². The molecule has 2 rings (SSSR count). The number of sulfonamides is 1. The second-order valence-electron chi connectivity index (χ2n) is 8.50. The normalized spacial score (nSPS) is 13.1. The van der Waals surface area contributed by atoms with Gasteiger partial charge < -0.3 is 10.2 Å². The van der Waals surface area contributed by atoms with Crippen molar-refractivity contribution < 1.29 is 18.0 Å². The Bertz CT molecular complexity index is 1090. The molecule has 186 valence electrons. The van der Waals surface area contributed by atoms with E-state index in [1.807, 2.05) is 33.8 Å². The SMILES string of the molecule is CCC(C)NC(=O)C(CC)N(Cc1ccc(Cl)cc1)C(=O)CN(c1cccc(C)c1)S(C)(=O)=O. The zero-order valence-corrected chi connectivity index (χ0v) is 22.0. The van der Waals surface area contributed by atoms with Crippen LogP contribution in [-0.4, -0.2) is 50.0 Å². The fraction of sp³-hybridized carbons (Fsp3) is 0.440. The molecule has 9 heteroatoms. The van der Waals surface area contributed by atoms with E-state index < -0.39 is 28.5 Å². The van der Waals surface area contributed by atoms with Gasteiger partial charge in [-0.05, 0) is 62.1 Å². The molecule has 0 spiro atoms. The number of benzene rings is 2. The molecule has 0 aliphatic heterocycles. The summed E-state index contributed by atoms with van der Waals surface area (Å²) >= 11 is 6.01. The predicted molar refractivity (Wildman–Crippen MR) is 137 cm³/mol. The van der Waals surface area contributed by atoms with Crippen LogP contribution in [0, 0.1) is 6.92 Å². The van der Waals surface area contributed by atoms with E-state index in [4.69, 9.17) is 11.6 Å². The summed E-state index contributed by atoms with van der Waals surface area (Å²) < 4.78 is 26.3. The molecular weight excluding hydrogens is 474 g/mol. The Morgan fingerprint density at radius 2 is 1.71 bits per heavy atom. The number of carbonyl (C=O) groups is 2. The molecule has 0 radical (unpaired) electrons. The molecule has 34 heavy (non-hydrogen) atoms. The van der Waals surface area contributed by atoms with Gasteiger partial charge in [-0.3, -0.25) is 13.9 Å². The Balaban J connectivity index is 2.43. The van der Waals surface area contributed by atoms with Crippen LogP contribution >= 0.6 is 11.6 Å². The van der Waals surface area contributed by atoms with E-state index in [-0.39, 0.29) is 18.5 Å². The van der Waals surface area contributed by atoms with Crippen molar-refractivity contribution >= 4 is 39.1 Å². The average Bonchev–Trinajstić information content (AvgIpc) is 2.77. The molecule has 0 heterocycles. The summed E-state index contributed by atoms with van der Waals surface area (Å²) in [7, 11) is -3.75. The Labute approximate surface area is 208 Å². The Kier molecular flexibility index (Phi) is 9.94. The highest BCUT2D eigenvalue weighted by Crippen LogP contribution is 2.21. The third-order valence-electron chi connectivity index (χ3n) is 5.62. The van der Waals surface area contributed by atoms with Gasteiger partial charge in [0.1, 0.15) is 12.6 Å². The van der Waals surface area contributed by atoms with E-state index in [9.17, 15) is 18.0 Å². The number of hydrogen-bond acceptors (Lipinski definition) is 4. The fourth-order valence-electron chi connectivity index (χ4n) is 3.54. The number of hydrogen-bond donors (Lipinski definition) is 1.